The largest absolute Gasteiger partial charge is 0.302 e. The Bertz CT molecular complexity index is 382. The number of hydrogen-bond donors (Lipinski definition) is 1. The summed E-state index contributed by atoms with van der Waals surface area (Å²) in [6.07, 6.45) is 5.72. The second kappa shape index (κ2) is 3.17. The molecule has 2 saturated heterocycles. The van der Waals surface area contributed by atoms with Crippen molar-refractivity contribution in [2.75, 3.05) is 13.1 Å². The second-order valence-corrected chi connectivity index (χ2v) is 4.56. The fraction of sp³-hybridized carbons (Fsp3) is 0.778. The maximum absolute atomic E-state index is 5.21. The Morgan fingerprint density at radius 3 is 3.07 bits per heavy atom. The molecule has 1 N–H and O–H groups in total. The average molecular weight is 210 g/mol. The fourth-order valence-electron chi connectivity index (χ4n) is 2.87. The molecule has 0 aliphatic carbocycles. The van der Waals surface area contributed by atoms with Crippen LogP contribution in [-0.2, 0) is 0 Å². The Hall–Kier alpha value is -0.680. The Kier molecular flexibility index (Phi) is 1.95. The van der Waals surface area contributed by atoms with Gasteiger partial charge in [-0.1, -0.05) is 0 Å². The molecular formula is C9H14N4S. The molecule has 3 rings (SSSR count). The molecule has 0 saturated carbocycles. The highest BCUT2D eigenvalue weighted by molar-refractivity contribution is 7.71. The van der Waals surface area contributed by atoms with Crippen molar-refractivity contribution in [2.45, 2.75) is 31.3 Å². The van der Waals surface area contributed by atoms with Crippen LogP contribution in [0.3, 0.4) is 0 Å². The van der Waals surface area contributed by atoms with Crippen LogP contribution in [0.15, 0.2) is 6.33 Å². The van der Waals surface area contributed by atoms with E-state index in [1.54, 1.807) is 0 Å². The molecule has 2 fully saturated rings. The van der Waals surface area contributed by atoms with Crippen LogP contribution in [0.5, 0.6) is 0 Å². The van der Waals surface area contributed by atoms with Gasteiger partial charge >= 0.3 is 0 Å². The summed E-state index contributed by atoms with van der Waals surface area (Å²) in [5, 5.41) is 6.83. The molecule has 2 atom stereocenters. The van der Waals surface area contributed by atoms with Gasteiger partial charge in [0, 0.05) is 12.6 Å². The van der Waals surface area contributed by atoms with Gasteiger partial charge in [0.15, 0.2) is 4.77 Å². The van der Waals surface area contributed by atoms with Crippen molar-refractivity contribution < 1.29 is 0 Å². The van der Waals surface area contributed by atoms with Crippen LogP contribution in [-0.4, -0.2) is 38.8 Å². The molecule has 1 aromatic heterocycles. The third-order valence-corrected chi connectivity index (χ3v) is 3.81. The zero-order valence-electron chi connectivity index (χ0n) is 8.02. The minimum atomic E-state index is 0.559. The summed E-state index contributed by atoms with van der Waals surface area (Å²) in [6, 6.07) is 1.27. The van der Waals surface area contributed by atoms with E-state index in [9.17, 15) is 0 Å². The zero-order valence-corrected chi connectivity index (χ0v) is 8.83. The summed E-state index contributed by atoms with van der Waals surface area (Å²) >= 11 is 5.21. The predicted octanol–water partition coefficient (Wildman–Crippen LogP) is 1.35. The quantitative estimate of drug-likeness (QED) is 0.711. The van der Waals surface area contributed by atoms with E-state index in [2.05, 4.69) is 19.7 Å². The lowest BCUT2D eigenvalue weighted by atomic mass is 10.1. The van der Waals surface area contributed by atoms with E-state index in [0.717, 1.165) is 4.77 Å². The second-order valence-electron chi connectivity index (χ2n) is 4.17. The standard InChI is InChI=1S/C9H14N4S/c14-9-11-10-6-13(9)8-3-5-12-4-1-2-7(8)12/h6-8H,1-5H2,(H,11,14). The Labute approximate surface area is 87.9 Å². The van der Waals surface area contributed by atoms with Gasteiger partial charge in [0.2, 0.25) is 0 Å². The molecule has 1 aromatic rings. The van der Waals surface area contributed by atoms with Gasteiger partial charge < -0.3 is 4.57 Å². The van der Waals surface area contributed by atoms with E-state index in [-0.39, 0.29) is 0 Å². The molecule has 5 heteroatoms. The molecule has 3 heterocycles. The van der Waals surface area contributed by atoms with Crippen molar-refractivity contribution >= 4 is 12.2 Å². The topological polar surface area (TPSA) is 36.9 Å². The molecule has 0 spiro atoms. The van der Waals surface area contributed by atoms with E-state index in [1.165, 1.54) is 32.4 Å². The molecule has 14 heavy (non-hydrogen) atoms. The van der Waals surface area contributed by atoms with Gasteiger partial charge in [-0.2, -0.15) is 5.10 Å². The van der Waals surface area contributed by atoms with Gasteiger partial charge in [-0.25, -0.2) is 0 Å². The first-order valence-corrected chi connectivity index (χ1v) is 5.62. The SMILES string of the molecule is S=c1[nH]ncn1C1CCN2CCCC12. The van der Waals surface area contributed by atoms with Gasteiger partial charge in [0.1, 0.15) is 6.33 Å². The van der Waals surface area contributed by atoms with E-state index in [4.69, 9.17) is 12.2 Å². The van der Waals surface area contributed by atoms with Crippen LogP contribution in [0.4, 0.5) is 0 Å². The normalized spacial score (nSPS) is 32.3. The van der Waals surface area contributed by atoms with Gasteiger partial charge in [-0.3, -0.25) is 10.00 Å². The highest BCUT2D eigenvalue weighted by Crippen LogP contribution is 2.35. The highest BCUT2D eigenvalue weighted by atomic mass is 32.1. The lowest BCUT2D eigenvalue weighted by molar-refractivity contribution is 0.289. The maximum Gasteiger partial charge on any atom is 0.195 e. The van der Waals surface area contributed by atoms with Crippen LogP contribution in [0.2, 0.25) is 0 Å². The number of fused-ring (bicyclic) bond motifs is 1. The van der Waals surface area contributed by atoms with Crippen molar-refractivity contribution in [3.05, 3.63) is 11.1 Å². The molecule has 0 aromatic carbocycles. The molecular weight excluding hydrogens is 196 g/mol. The van der Waals surface area contributed by atoms with Crippen molar-refractivity contribution in [1.29, 1.82) is 0 Å². The van der Waals surface area contributed by atoms with Crippen LogP contribution in [0.25, 0.3) is 0 Å². The van der Waals surface area contributed by atoms with Crippen LogP contribution in [0, 0.1) is 4.77 Å². The summed E-state index contributed by atoms with van der Waals surface area (Å²) in [5.74, 6) is 0. The van der Waals surface area contributed by atoms with E-state index in [0.29, 0.717) is 12.1 Å². The van der Waals surface area contributed by atoms with Crippen molar-refractivity contribution in [1.82, 2.24) is 19.7 Å². The molecule has 2 aliphatic heterocycles. The number of rotatable bonds is 1. The number of aromatic nitrogens is 3. The van der Waals surface area contributed by atoms with Gasteiger partial charge in [0.25, 0.3) is 0 Å². The fourth-order valence-corrected chi connectivity index (χ4v) is 3.11. The van der Waals surface area contributed by atoms with Gasteiger partial charge in [-0.15, -0.1) is 0 Å². The predicted molar refractivity (Wildman–Crippen MR) is 55.7 cm³/mol. The number of aromatic amines is 1. The first kappa shape index (κ1) is 8.61. The molecule has 4 nitrogen and oxygen atoms in total. The monoisotopic (exact) mass is 210 g/mol. The first-order chi connectivity index (χ1) is 6.86. The third-order valence-electron chi connectivity index (χ3n) is 3.50. The zero-order chi connectivity index (χ0) is 9.54. The van der Waals surface area contributed by atoms with Gasteiger partial charge in [0.05, 0.1) is 6.04 Å². The third kappa shape index (κ3) is 1.15. The Morgan fingerprint density at radius 2 is 2.29 bits per heavy atom. The molecule has 2 unspecified atom stereocenters. The summed E-state index contributed by atoms with van der Waals surface area (Å²) in [6.45, 7) is 2.49. The smallest absolute Gasteiger partial charge is 0.195 e. The summed E-state index contributed by atoms with van der Waals surface area (Å²) in [4.78, 5) is 2.58. The lowest BCUT2D eigenvalue weighted by Gasteiger charge is -2.20. The number of hydrogen-bond acceptors (Lipinski definition) is 3. The number of nitrogens with one attached hydrogen (secondary N) is 1. The average Bonchev–Trinajstić information content (AvgIpc) is 2.78. The van der Waals surface area contributed by atoms with E-state index in [1.807, 2.05) is 6.33 Å². The lowest BCUT2D eigenvalue weighted by Crippen LogP contribution is -2.27. The van der Waals surface area contributed by atoms with Gasteiger partial charge in [-0.05, 0) is 38.0 Å². The molecule has 0 radical (unpaired) electrons. The molecule has 0 amide bonds. The molecule has 0 bridgehead atoms. The van der Waals surface area contributed by atoms with E-state index >= 15 is 0 Å². The minimum absolute atomic E-state index is 0.559. The number of H-pyrrole nitrogens is 1. The molecule has 76 valence electrons. The maximum atomic E-state index is 5.21. The highest BCUT2D eigenvalue weighted by Gasteiger charge is 2.38. The van der Waals surface area contributed by atoms with Crippen molar-refractivity contribution in [2.24, 2.45) is 0 Å². The van der Waals surface area contributed by atoms with Crippen molar-refractivity contribution in [3.8, 4) is 0 Å². The summed E-state index contributed by atoms with van der Waals surface area (Å²) in [5.41, 5.74) is 0. The summed E-state index contributed by atoms with van der Waals surface area (Å²) in [7, 11) is 0. The van der Waals surface area contributed by atoms with Crippen LogP contribution in [0.1, 0.15) is 25.3 Å². The number of nitrogens with zero attached hydrogens (tertiary/aromatic N) is 3. The Morgan fingerprint density at radius 1 is 1.36 bits per heavy atom. The van der Waals surface area contributed by atoms with Crippen LogP contribution >= 0.6 is 12.2 Å². The summed E-state index contributed by atoms with van der Waals surface area (Å²) < 4.78 is 2.90. The van der Waals surface area contributed by atoms with Crippen LogP contribution < -0.4 is 0 Å². The minimum Gasteiger partial charge on any atom is -0.302 e. The Balaban J connectivity index is 1.93. The first-order valence-electron chi connectivity index (χ1n) is 5.22. The van der Waals surface area contributed by atoms with Crippen molar-refractivity contribution in [3.63, 3.8) is 0 Å². The molecule has 2 aliphatic rings. The van der Waals surface area contributed by atoms with E-state index < -0.39 is 0 Å².